The lowest BCUT2D eigenvalue weighted by molar-refractivity contribution is -0.124. The van der Waals surface area contributed by atoms with Gasteiger partial charge in [0.05, 0.1) is 12.6 Å². The summed E-state index contributed by atoms with van der Waals surface area (Å²) in [6.45, 7) is 6.56. The Hall–Kier alpha value is -0.410. The van der Waals surface area contributed by atoms with Crippen molar-refractivity contribution in [2.45, 2.75) is 39.3 Å². The van der Waals surface area contributed by atoms with Crippen LogP contribution in [0.2, 0.25) is 0 Å². The fraction of sp³-hybridized carbons (Fsp3) is 0.900. The molecule has 2 atom stereocenters. The molecule has 0 fully saturated rings. The van der Waals surface area contributed by atoms with E-state index in [1.165, 1.54) is 0 Å². The number of likely N-dealkylation sites (N-methyl/N-ethyl adjacent to an activating group) is 1. The number of ether oxygens (including phenoxy) is 1. The molecule has 2 unspecified atom stereocenters. The van der Waals surface area contributed by atoms with Gasteiger partial charge in [-0.3, -0.25) is 9.69 Å². The molecule has 0 saturated carbocycles. The van der Waals surface area contributed by atoms with Crippen LogP contribution in [0.1, 0.15) is 27.2 Å². The minimum absolute atomic E-state index is 0.00449. The average Bonchev–Trinajstić information content (AvgIpc) is 2.14. The van der Waals surface area contributed by atoms with Crippen molar-refractivity contribution in [1.29, 1.82) is 0 Å². The zero-order chi connectivity index (χ0) is 10.4. The van der Waals surface area contributed by atoms with E-state index in [4.69, 9.17) is 4.74 Å². The van der Waals surface area contributed by atoms with Crippen LogP contribution < -0.4 is 0 Å². The number of carbonyl (C=O) groups excluding carboxylic acids is 1. The van der Waals surface area contributed by atoms with E-state index in [-0.39, 0.29) is 17.9 Å². The molecule has 0 aromatic rings. The molecular weight excluding hydrogens is 166 g/mol. The molecule has 13 heavy (non-hydrogen) atoms. The van der Waals surface area contributed by atoms with Gasteiger partial charge in [0, 0.05) is 19.6 Å². The summed E-state index contributed by atoms with van der Waals surface area (Å²) in [5.41, 5.74) is 0. The Kier molecular flexibility index (Phi) is 5.91. The summed E-state index contributed by atoms with van der Waals surface area (Å²) in [5, 5.41) is 0. The van der Waals surface area contributed by atoms with Gasteiger partial charge in [-0.1, -0.05) is 6.92 Å². The lowest BCUT2D eigenvalue weighted by Crippen LogP contribution is -2.43. The molecule has 0 aromatic heterocycles. The van der Waals surface area contributed by atoms with Crippen LogP contribution in [0.4, 0.5) is 0 Å². The summed E-state index contributed by atoms with van der Waals surface area (Å²) in [7, 11) is 3.64. The second-order valence-electron chi connectivity index (χ2n) is 3.47. The zero-order valence-corrected chi connectivity index (χ0v) is 9.33. The highest BCUT2D eigenvalue weighted by atomic mass is 16.5. The van der Waals surface area contributed by atoms with E-state index in [0.29, 0.717) is 13.0 Å². The summed E-state index contributed by atoms with van der Waals surface area (Å²) >= 11 is 0. The van der Waals surface area contributed by atoms with Crippen molar-refractivity contribution in [3.63, 3.8) is 0 Å². The van der Waals surface area contributed by atoms with Crippen LogP contribution >= 0.6 is 0 Å². The predicted octanol–water partition coefficient (Wildman–Crippen LogP) is 1.32. The first kappa shape index (κ1) is 12.6. The molecule has 3 nitrogen and oxygen atoms in total. The standard InChI is InChI=1S/C10H21NO2/c1-6-10(12)9(3)11(4)8(2)7-13-5/h8-9H,6-7H2,1-5H3. The maximum absolute atomic E-state index is 11.4. The topological polar surface area (TPSA) is 29.5 Å². The quantitative estimate of drug-likeness (QED) is 0.628. The van der Waals surface area contributed by atoms with Gasteiger partial charge in [0.15, 0.2) is 0 Å². The molecule has 0 heterocycles. The molecule has 3 heteroatoms. The summed E-state index contributed by atoms with van der Waals surface area (Å²) in [6.07, 6.45) is 0.602. The first-order chi connectivity index (χ1) is 6.04. The Morgan fingerprint density at radius 1 is 1.46 bits per heavy atom. The molecule has 0 aliphatic heterocycles. The van der Waals surface area contributed by atoms with Crippen LogP contribution in [-0.4, -0.2) is 43.5 Å². The third-order valence-corrected chi connectivity index (χ3v) is 2.53. The molecule has 0 spiro atoms. The molecule has 0 N–H and O–H groups in total. The van der Waals surface area contributed by atoms with E-state index in [9.17, 15) is 4.79 Å². The van der Waals surface area contributed by atoms with E-state index < -0.39 is 0 Å². The normalized spacial score (nSPS) is 15.8. The van der Waals surface area contributed by atoms with Gasteiger partial charge < -0.3 is 4.74 Å². The monoisotopic (exact) mass is 187 g/mol. The first-order valence-corrected chi connectivity index (χ1v) is 4.78. The van der Waals surface area contributed by atoms with Crippen LogP contribution in [0, 0.1) is 0 Å². The Morgan fingerprint density at radius 3 is 2.38 bits per heavy atom. The summed E-state index contributed by atoms with van der Waals surface area (Å²) in [5.74, 6) is 0.283. The second-order valence-corrected chi connectivity index (χ2v) is 3.47. The lowest BCUT2D eigenvalue weighted by atomic mass is 10.1. The van der Waals surface area contributed by atoms with Gasteiger partial charge in [-0.05, 0) is 20.9 Å². The van der Waals surface area contributed by atoms with E-state index in [1.807, 2.05) is 20.9 Å². The number of ketones is 1. The Balaban J connectivity index is 4.07. The smallest absolute Gasteiger partial charge is 0.149 e. The maximum Gasteiger partial charge on any atom is 0.149 e. The Labute approximate surface area is 81.1 Å². The minimum atomic E-state index is -0.00449. The number of hydrogen-bond donors (Lipinski definition) is 0. The SMILES string of the molecule is CCC(=O)C(C)N(C)C(C)COC. The molecule has 0 rings (SSSR count). The largest absolute Gasteiger partial charge is 0.383 e. The number of nitrogens with zero attached hydrogens (tertiary/aromatic N) is 1. The highest BCUT2D eigenvalue weighted by molar-refractivity contribution is 5.83. The molecule has 0 aliphatic rings. The highest BCUT2D eigenvalue weighted by Gasteiger charge is 2.20. The van der Waals surface area contributed by atoms with Gasteiger partial charge in [-0.2, -0.15) is 0 Å². The molecule has 0 aromatic carbocycles. The van der Waals surface area contributed by atoms with Crippen molar-refractivity contribution in [3.8, 4) is 0 Å². The van der Waals surface area contributed by atoms with Gasteiger partial charge in [-0.25, -0.2) is 0 Å². The maximum atomic E-state index is 11.4. The minimum Gasteiger partial charge on any atom is -0.383 e. The lowest BCUT2D eigenvalue weighted by Gasteiger charge is -2.29. The van der Waals surface area contributed by atoms with Gasteiger partial charge in [0.25, 0.3) is 0 Å². The van der Waals surface area contributed by atoms with E-state index in [0.717, 1.165) is 0 Å². The summed E-state index contributed by atoms with van der Waals surface area (Å²) in [6, 6.07) is 0.283. The van der Waals surface area contributed by atoms with Crippen LogP contribution in [0.3, 0.4) is 0 Å². The van der Waals surface area contributed by atoms with Crippen LogP contribution in [-0.2, 0) is 9.53 Å². The number of hydrogen-bond acceptors (Lipinski definition) is 3. The van der Waals surface area contributed by atoms with Gasteiger partial charge >= 0.3 is 0 Å². The van der Waals surface area contributed by atoms with Gasteiger partial charge in [0.1, 0.15) is 5.78 Å². The van der Waals surface area contributed by atoms with E-state index in [2.05, 4.69) is 11.8 Å². The molecular formula is C10H21NO2. The van der Waals surface area contributed by atoms with Crippen LogP contribution in [0.5, 0.6) is 0 Å². The van der Waals surface area contributed by atoms with E-state index >= 15 is 0 Å². The number of carbonyl (C=O) groups is 1. The predicted molar refractivity (Wildman–Crippen MR) is 53.9 cm³/mol. The second kappa shape index (κ2) is 6.11. The Bertz CT molecular complexity index is 159. The van der Waals surface area contributed by atoms with Crippen molar-refractivity contribution in [3.05, 3.63) is 0 Å². The number of rotatable bonds is 6. The molecule has 0 bridgehead atoms. The van der Waals surface area contributed by atoms with Crippen molar-refractivity contribution in [2.24, 2.45) is 0 Å². The average molecular weight is 187 g/mol. The summed E-state index contributed by atoms with van der Waals surface area (Å²) in [4.78, 5) is 13.4. The van der Waals surface area contributed by atoms with E-state index in [1.54, 1.807) is 7.11 Å². The first-order valence-electron chi connectivity index (χ1n) is 4.78. The summed E-state index contributed by atoms with van der Waals surface area (Å²) < 4.78 is 5.04. The molecule has 0 radical (unpaired) electrons. The highest BCUT2D eigenvalue weighted by Crippen LogP contribution is 2.05. The Morgan fingerprint density at radius 2 is 2.00 bits per heavy atom. The molecule has 0 aliphatic carbocycles. The van der Waals surface area contributed by atoms with Gasteiger partial charge in [-0.15, -0.1) is 0 Å². The van der Waals surface area contributed by atoms with Crippen LogP contribution in [0.25, 0.3) is 0 Å². The van der Waals surface area contributed by atoms with Crippen molar-refractivity contribution < 1.29 is 9.53 Å². The van der Waals surface area contributed by atoms with Gasteiger partial charge in [0.2, 0.25) is 0 Å². The fourth-order valence-electron chi connectivity index (χ4n) is 1.26. The molecule has 0 saturated heterocycles. The molecule has 78 valence electrons. The number of methoxy groups -OCH3 is 1. The van der Waals surface area contributed by atoms with Crippen LogP contribution in [0.15, 0.2) is 0 Å². The third-order valence-electron chi connectivity index (χ3n) is 2.53. The molecule has 0 amide bonds. The third kappa shape index (κ3) is 3.87. The fourth-order valence-corrected chi connectivity index (χ4v) is 1.26. The zero-order valence-electron chi connectivity index (χ0n) is 9.33. The number of Topliss-reactive ketones (excluding diaryl/α,β-unsaturated/α-hetero) is 1. The van der Waals surface area contributed by atoms with Crippen molar-refractivity contribution in [1.82, 2.24) is 4.90 Å². The van der Waals surface area contributed by atoms with Crippen molar-refractivity contribution >= 4 is 5.78 Å². The van der Waals surface area contributed by atoms with Crippen molar-refractivity contribution in [2.75, 3.05) is 20.8 Å².